The van der Waals surface area contributed by atoms with Crippen LogP contribution in [0.3, 0.4) is 0 Å². The number of halogens is 1. The first-order valence-electron chi connectivity index (χ1n) is 8.57. The van der Waals surface area contributed by atoms with Crippen molar-refractivity contribution in [3.05, 3.63) is 59.4 Å². The van der Waals surface area contributed by atoms with E-state index in [1.165, 1.54) is 18.2 Å². The maximum Gasteiger partial charge on any atom is 0.237 e. The molecule has 0 saturated heterocycles. The molecule has 5 nitrogen and oxygen atoms in total. The summed E-state index contributed by atoms with van der Waals surface area (Å²) >= 11 is 0. The van der Waals surface area contributed by atoms with Crippen molar-refractivity contribution in [3.8, 4) is 0 Å². The van der Waals surface area contributed by atoms with Crippen molar-refractivity contribution < 1.29 is 17.6 Å². The third-order valence-corrected chi connectivity index (χ3v) is 5.54. The van der Waals surface area contributed by atoms with Gasteiger partial charge in [0.2, 0.25) is 15.9 Å². The molecular weight excluding hydrogens is 355 g/mol. The summed E-state index contributed by atoms with van der Waals surface area (Å²) in [4.78, 5) is 13.8. The van der Waals surface area contributed by atoms with Crippen molar-refractivity contribution in [2.24, 2.45) is 0 Å². The molecule has 0 aromatic heterocycles. The maximum absolute atomic E-state index is 13.7. The second kappa shape index (κ2) is 7.45. The van der Waals surface area contributed by atoms with Crippen LogP contribution in [0.5, 0.6) is 0 Å². The Bertz CT molecular complexity index is 928. The number of anilines is 2. The number of nitrogens with zero attached hydrogens (tertiary/aromatic N) is 1. The van der Waals surface area contributed by atoms with E-state index in [0.717, 1.165) is 17.7 Å². The van der Waals surface area contributed by atoms with Gasteiger partial charge in [0.25, 0.3) is 0 Å². The summed E-state index contributed by atoms with van der Waals surface area (Å²) in [5.74, 6) is -0.888. The van der Waals surface area contributed by atoms with Gasteiger partial charge < -0.3 is 4.90 Å². The highest BCUT2D eigenvalue weighted by Crippen LogP contribution is 2.31. The Labute approximate surface area is 152 Å². The van der Waals surface area contributed by atoms with Gasteiger partial charge in [-0.15, -0.1) is 0 Å². The van der Waals surface area contributed by atoms with Crippen LogP contribution in [0.25, 0.3) is 0 Å². The van der Waals surface area contributed by atoms with Gasteiger partial charge in [0.1, 0.15) is 5.82 Å². The van der Waals surface area contributed by atoms with Crippen LogP contribution < -0.4 is 9.62 Å². The van der Waals surface area contributed by atoms with Crippen molar-refractivity contribution in [1.29, 1.82) is 0 Å². The Morgan fingerprint density at radius 2 is 1.92 bits per heavy atom. The third kappa shape index (κ3) is 4.04. The molecule has 0 saturated carbocycles. The lowest BCUT2D eigenvalue weighted by molar-refractivity contribution is -0.118. The van der Waals surface area contributed by atoms with Gasteiger partial charge in [-0.2, -0.15) is 0 Å². The predicted octanol–water partition coefficient (Wildman–Crippen LogP) is 3.46. The molecule has 1 heterocycles. The Balaban J connectivity index is 1.81. The molecule has 3 rings (SSSR count). The Hall–Kier alpha value is -2.41. The molecule has 0 bridgehead atoms. The number of fused-ring (bicyclic) bond motifs is 1. The number of benzene rings is 2. The average molecular weight is 376 g/mol. The van der Waals surface area contributed by atoms with E-state index >= 15 is 0 Å². The van der Waals surface area contributed by atoms with E-state index in [9.17, 15) is 17.6 Å². The number of nitrogens with one attached hydrogen (secondary N) is 1. The van der Waals surface area contributed by atoms with Crippen LogP contribution in [0.1, 0.15) is 30.9 Å². The topological polar surface area (TPSA) is 66.5 Å². The molecule has 26 heavy (non-hydrogen) atoms. The summed E-state index contributed by atoms with van der Waals surface area (Å²) < 4.78 is 40.9. The van der Waals surface area contributed by atoms with E-state index in [1.807, 2.05) is 6.92 Å². The summed E-state index contributed by atoms with van der Waals surface area (Å²) in [5, 5.41) is 0. The minimum absolute atomic E-state index is 0.0900. The lowest BCUT2D eigenvalue weighted by atomic mass is 10.0. The number of rotatable bonds is 6. The normalized spacial score (nSPS) is 14.2. The number of amides is 1. The van der Waals surface area contributed by atoms with Gasteiger partial charge in [-0.05, 0) is 42.7 Å². The predicted molar refractivity (Wildman–Crippen MR) is 100 cm³/mol. The number of aryl methyl sites for hydroxylation is 1. The van der Waals surface area contributed by atoms with E-state index in [-0.39, 0.29) is 11.5 Å². The number of hydrogen-bond donors (Lipinski definition) is 1. The van der Waals surface area contributed by atoms with Gasteiger partial charge >= 0.3 is 0 Å². The standard InChI is InChI=1S/C19H21FN2O3S/c1-2-11-22-18-9-8-16(12-14(18)7-10-19(22)23)21-26(24,25)13-15-5-3-4-6-17(15)20/h3-6,8-9,12,21H,2,7,10-11,13H2,1H3. The lowest BCUT2D eigenvalue weighted by Gasteiger charge is -2.29. The number of carbonyl (C=O) groups is 1. The van der Waals surface area contributed by atoms with Gasteiger partial charge in [-0.1, -0.05) is 25.1 Å². The molecule has 7 heteroatoms. The van der Waals surface area contributed by atoms with Gasteiger partial charge in [0.05, 0.1) is 5.75 Å². The monoisotopic (exact) mass is 376 g/mol. The highest BCUT2D eigenvalue weighted by Gasteiger charge is 2.24. The van der Waals surface area contributed by atoms with Crippen LogP contribution in [0.4, 0.5) is 15.8 Å². The van der Waals surface area contributed by atoms with Crippen LogP contribution in [0, 0.1) is 5.82 Å². The third-order valence-electron chi connectivity index (χ3n) is 4.30. The second-order valence-electron chi connectivity index (χ2n) is 6.34. The smallest absolute Gasteiger partial charge is 0.237 e. The highest BCUT2D eigenvalue weighted by molar-refractivity contribution is 7.91. The zero-order valence-electron chi connectivity index (χ0n) is 14.5. The number of sulfonamides is 1. The van der Waals surface area contributed by atoms with Crippen molar-refractivity contribution in [2.75, 3.05) is 16.2 Å². The van der Waals surface area contributed by atoms with E-state index in [2.05, 4.69) is 4.72 Å². The second-order valence-corrected chi connectivity index (χ2v) is 8.06. The van der Waals surface area contributed by atoms with E-state index in [1.54, 1.807) is 29.2 Å². The van der Waals surface area contributed by atoms with Crippen LogP contribution in [-0.4, -0.2) is 20.9 Å². The molecule has 2 aromatic rings. The molecule has 1 aliphatic heterocycles. The Kier molecular flexibility index (Phi) is 5.27. The SMILES string of the molecule is CCCN1C(=O)CCc2cc(NS(=O)(=O)Cc3ccccc3F)ccc21. The van der Waals surface area contributed by atoms with Crippen LogP contribution >= 0.6 is 0 Å². The van der Waals surface area contributed by atoms with Crippen molar-refractivity contribution in [1.82, 2.24) is 0 Å². The van der Waals surface area contributed by atoms with Crippen LogP contribution in [0.15, 0.2) is 42.5 Å². The molecule has 0 atom stereocenters. The molecule has 1 amide bonds. The first-order chi connectivity index (χ1) is 12.4. The quantitative estimate of drug-likeness (QED) is 0.840. The van der Waals surface area contributed by atoms with Crippen LogP contribution in [-0.2, 0) is 27.0 Å². The number of carbonyl (C=O) groups excluding carboxylic acids is 1. The minimum atomic E-state index is -3.74. The largest absolute Gasteiger partial charge is 0.312 e. The fourth-order valence-electron chi connectivity index (χ4n) is 3.13. The number of hydrogen-bond acceptors (Lipinski definition) is 3. The molecule has 0 unspecified atom stereocenters. The molecular formula is C19H21FN2O3S. The van der Waals surface area contributed by atoms with Gasteiger partial charge in [-0.3, -0.25) is 9.52 Å². The maximum atomic E-state index is 13.7. The summed E-state index contributed by atoms with van der Waals surface area (Å²) in [6.45, 7) is 2.65. The van der Waals surface area contributed by atoms with Crippen molar-refractivity contribution in [3.63, 3.8) is 0 Å². The summed E-state index contributed by atoms with van der Waals surface area (Å²) in [6, 6.07) is 11.0. The molecule has 0 radical (unpaired) electrons. The Morgan fingerprint density at radius 3 is 2.65 bits per heavy atom. The zero-order valence-corrected chi connectivity index (χ0v) is 15.4. The molecule has 0 aliphatic carbocycles. The van der Waals surface area contributed by atoms with Crippen molar-refractivity contribution in [2.45, 2.75) is 31.9 Å². The minimum Gasteiger partial charge on any atom is -0.312 e. The summed E-state index contributed by atoms with van der Waals surface area (Å²) in [5.41, 5.74) is 2.31. The summed E-state index contributed by atoms with van der Waals surface area (Å²) in [6.07, 6.45) is 1.85. The van der Waals surface area contributed by atoms with Crippen molar-refractivity contribution >= 4 is 27.3 Å². The highest BCUT2D eigenvalue weighted by atomic mass is 32.2. The fraction of sp³-hybridized carbons (Fsp3) is 0.316. The Morgan fingerprint density at radius 1 is 1.15 bits per heavy atom. The molecule has 0 fully saturated rings. The first kappa shape index (κ1) is 18.4. The van der Waals surface area contributed by atoms with Gasteiger partial charge in [-0.25, -0.2) is 12.8 Å². The van der Waals surface area contributed by atoms with E-state index in [4.69, 9.17) is 0 Å². The first-order valence-corrected chi connectivity index (χ1v) is 10.2. The zero-order chi connectivity index (χ0) is 18.7. The van der Waals surface area contributed by atoms with E-state index in [0.29, 0.717) is 25.1 Å². The average Bonchev–Trinajstić information content (AvgIpc) is 2.59. The lowest BCUT2D eigenvalue weighted by Crippen LogP contribution is -2.35. The molecule has 1 aliphatic rings. The molecule has 1 N–H and O–H groups in total. The summed E-state index contributed by atoms with van der Waals surface area (Å²) in [7, 11) is -3.74. The van der Waals surface area contributed by atoms with Gasteiger partial charge in [0, 0.05) is 29.9 Å². The van der Waals surface area contributed by atoms with Crippen LogP contribution in [0.2, 0.25) is 0 Å². The molecule has 0 spiro atoms. The molecule has 138 valence electrons. The van der Waals surface area contributed by atoms with Gasteiger partial charge in [0.15, 0.2) is 0 Å². The van der Waals surface area contributed by atoms with E-state index < -0.39 is 21.6 Å². The fourth-order valence-corrected chi connectivity index (χ4v) is 4.33. The molecule has 2 aromatic carbocycles.